The summed E-state index contributed by atoms with van der Waals surface area (Å²) in [5.74, 6) is 12.1. The van der Waals surface area contributed by atoms with Gasteiger partial charge >= 0.3 is 5.97 Å². The van der Waals surface area contributed by atoms with Crippen LogP contribution in [0.2, 0.25) is 0 Å². The zero-order valence-electron chi connectivity index (χ0n) is 6.66. The van der Waals surface area contributed by atoms with Crippen molar-refractivity contribution in [3.05, 3.63) is 12.2 Å². The van der Waals surface area contributed by atoms with Crippen LogP contribution in [0, 0.1) is 35.5 Å². The number of rotatable bonds is 1. The van der Waals surface area contributed by atoms with Crippen LogP contribution < -0.4 is 0 Å². The molecule has 3 nitrogen and oxygen atoms in total. The van der Waals surface area contributed by atoms with Crippen molar-refractivity contribution in [2.45, 2.75) is 0 Å². The van der Waals surface area contributed by atoms with E-state index < -0.39 is 5.97 Å². The maximum Gasteiger partial charge on any atom is 0.382 e. The molecule has 0 amide bonds. The molecule has 0 radical (unpaired) electrons. The van der Waals surface area contributed by atoms with E-state index in [-0.39, 0.29) is 6.61 Å². The van der Waals surface area contributed by atoms with Crippen molar-refractivity contribution in [3.8, 4) is 35.5 Å². The second kappa shape index (κ2) is 7.95. The van der Waals surface area contributed by atoms with Gasteiger partial charge in [-0.15, -0.1) is 0 Å². The first kappa shape index (κ1) is 10.8. The van der Waals surface area contributed by atoms with Gasteiger partial charge in [-0.3, -0.25) is 0 Å². The van der Waals surface area contributed by atoms with Gasteiger partial charge in [0, 0.05) is 5.92 Å². The summed E-state index contributed by atoms with van der Waals surface area (Å²) in [4.78, 5) is 9.86. The van der Waals surface area contributed by atoms with Crippen molar-refractivity contribution < 1.29 is 15.0 Å². The molecule has 0 saturated carbocycles. The van der Waals surface area contributed by atoms with E-state index in [0.29, 0.717) is 0 Å². The van der Waals surface area contributed by atoms with Gasteiger partial charge in [0.05, 0.1) is 6.61 Å². The molecular weight excluding hydrogens is 168 g/mol. The Hall–Kier alpha value is -2.15. The van der Waals surface area contributed by atoms with Gasteiger partial charge in [-0.2, -0.15) is 0 Å². The van der Waals surface area contributed by atoms with Crippen molar-refractivity contribution in [2.24, 2.45) is 0 Å². The minimum absolute atomic E-state index is 0.0685. The number of carboxylic acids is 1. The fourth-order valence-corrected chi connectivity index (χ4v) is 0.337. The molecule has 0 bridgehead atoms. The molecule has 0 heterocycles. The molecule has 3 heteroatoms. The molecule has 0 aliphatic rings. The highest BCUT2D eigenvalue weighted by Gasteiger charge is 1.78. The third-order valence-corrected chi connectivity index (χ3v) is 0.736. The summed E-state index contributed by atoms with van der Waals surface area (Å²) in [7, 11) is 0. The quantitative estimate of drug-likeness (QED) is 0.533. The first-order valence-electron chi connectivity index (χ1n) is 3.27. The Balaban J connectivity index is 3.99. The summed E-state index contributed by atoms with van der Waals surface area (Å²) >= 11 is 0. The first-order valence-corrected chi connectivity index (χ1v) is 3.27. The minimum atomic E-state index is -1.22. The van der Waals surface area contributed by atoms with Crippen LogP contribution in [0.1, 0.15) is 0 Å². The minimum Gasteiger partial charge on any atom is -0.472 e. The number of aliphatic carboxylic acids is 1. The number of carboxylic acid groups (broad SMARTS) is 1. The molecule has 0 unspecified atom stereocenters. The van der Waals surface area contributed by atoms with Crippen molar-refractivity contribution in [3.63, 3.8) is 0 Å². The van der Waals surface area contributed by atoms with Gasteiger partial charge < -0.3 is 10.2 Å². The van der Waals surface area contributed by atoms with E-state index in [1.807, 2.05) is 5.92 Å². The smallest absolute Gasteiger partial charge is 0.382 e. The average Bonchev–Trinajstić information content (AvgIpc) is 2.09. The van der Waals surface area contributed by atoms with Crippen LogP contribution in [0.5, 0.6) is 0 Å². The molecule has 0 rings (SSSR count). The Bertz CT molecular complexity index is 372. The third kappa shape index (κ3) is 9.85. The van der Waals surface area contributed by atoms with Gasteiger partial charge in [0.25, 0.3) is 0 Å². The topological polar surface area (TPSA) is 57.5 Å². The summed E-state index contributed by atoms with van der Waals surface area (Å²) in [6, 6.07) is 0. The first-order chi connectivity index (χ1) is 6.27. The van der Waals surface area contributed by atoms with Gasteiger partial charge in [-0.05, 0) is 29.8 Å². The molecule has 13 heavy (non-hydrogen) atoms. The van der Waals surface area contributed by atoms with Crippen molar-refractivity contribution in [1.29, 1.82) is 0 Å². The average molecular weight is 174 g/mol. The van der Waals surface area contributed by atoms with E-state index >= 15 is 0 Å². The summed E-state index contributed by atoms with van der Waals surface area (Å²) in [6.45, 7) is -0.0685. The maximum absolute atomic E-state index is 9.86. The fraction of sp³-hybridized carbons (Fsp3) is 0.100. The van der Waals surface area contributed by atoms with Crippen molar-refractivity contribution in [2.75, 3.05) is 6.61 Å². The normalized spacial score (nSPS) is 7.15. The molecule has 0 spiro atoms. The standard InChI is InChI=1S/C10H6O3/c11-9-7-5-3-1-2-4-6-8-10(12)13/h5,7,11H,9H2,(H,12,13)/b7-5+. The van der Waals surface area contributed by atoms with Crippen LogP contribution in [0.25, 0.3) is 0 Å². The second-order valence-electron chi connectivity index (χ2n) is 1.66. The van der Waals surface area contributed by atoms with Crippen molar-refractivity contribution >= 4 is 5.97 Å². The zero-order valence-corrected chi connectivity index (χ0v) is 6.66. The van der Waals surface area contributed by atoms with Crippen LogP contribution in [0.15, 0.2) is 12.2 Å². The second-order valence-corrected chi connectivity index (χ2v) is 1.66. The molecule has 64 valence electrons. The van der Waals surface area contributed by atoms with Crippen LogP contribution >= 0.6 is 0 Å². The molecule has 0 fully saturated rings. The van der Waals surface area contributed by atoms with Gasteiger partial charge in [0.1, 0.15) is 0 Å². The highest BCUT2D eigenvalue weighted by Crippen LogP contribution is 1.65. The molecule has 0 aromatic rings. The number of carbonyl (C=O) groups is 1. The highest BCUT2D eigenvalue weighted by atomic mass is 16.4. The lowest BCUT2D eigenvalue weighted by Crippen LogP contribution is -1.85. The predicted molar refractivity (Wildman–Crippen MR) is 47.2 cm³/mol. The molecule has 0 aromatic heterocycles. The van der Waals surface area contributed by atoms with Crippen LogP contribution in [0.3, 0.4) is 0 Å². The number of aliphatic hydroxyl groups is 1. The monoisotopic (exact) mass is 174 g/mol. The summed E-state index contributed by atoms with van der Waals surface area (Å²) < 4.78 is 0. The molecule has 0 aliphatic heterocycles. The van der Waals surface area contributed by atoms with E-state index in [1.54, 1.807) is 0 Å². The van der Waals surface area contributed by atoms with Gasteiger partial charge in [0.2, 0.25) is 0 Å². The lowest BCUT2D eigenvalue weighted by atomic mass is 10.4. The lowest BCUT2D eigenvalue weighted by Gasteiger charge is -1.68. The van der Waals surface area contributed by atoms with E-state index in [2.05, 4.69) is 29.6 Å². The highest BCUT2D eigenvalue weighted by molar-refractivity contribution is 5.87. The molecular formula is C10H6O3. The molecule has 0 atom stereocenters. The lowest BCUT2D eigenvalue weighted by molar-refractivity contribution is -0.130. The molecule has 0 saturated heterocycles. The van der Waals surface area contributed by atoms with Crippen molar-refractivity contribution in [1.82, 2.24) is 0 Å². The van der Waals surface area contributed by atoms with Gasteiger partial charge in [-0.1, -0.05) is 12.0 Å². The number of hydrogen-bond acceptors (Lipinski definition) is 2. The van der Waals surface area contributed by atoms with Crippen LogP contribution in [0.4, 0.5) is 0 Å². The van der Waals surface area contributed by atoms with E-state index in [0.717, 1.165) is 0 Å². The summed E-state index contributed by atoms with van der Waals surface area (Å²) in [5, 5.41) is 16.4. The fourth-order valence-electron chi connectivity index (χ4n) is 0.337. The van der Waals surface area contributed by atoms with E-state index in [1.165, 1.54) is 12.2 Å². The zero-order chi connectivity index (χ0) is 9.94. The Morgan fingerprint density at radius 3 is 2.54 bits per heavy atom. The van der Waals surface area contributed by atoms with Gasteiger partial charge in [-0.25, -0.2) is 4.79 Å². The molecule has 0 aromatic carbocycles. The third-order valence-electron chi connectivity index (χ3n) is 0.736. The maximum atomic E-state index is 9.86. The molecule has 0 aliphatic carbocycles. The number of aliphatic hydroxyl groups excluding tert-OH is 1. The SMILES string of the molecule is O=C(O)C#CC#CC#C/C=C/CO. The Morgan fingerprint density at radius 1 is 1.23 bits per heavy atom. The van der Waals surface area contributed by atoms with E-state index in [4.69, 9.17) is 10.2 Å². The largest absolute Gasteiger partial charge is 0.472 e. The van der Waals surface area contributed by atoms with Gasteiger partial charge in [0.15, 0.2) is 0 Å². The van der Waals surface area contributed by atoms with Crippen LogP contribution in [-0.4, -0.2) is 22.8 Å². The van der Waals surface area contributed by atoms with Crippen LogP contribution in [-0.2, 0) is 4.79 Å². The summed E-state index contributed by atoms with van der Waals surface area (Å²) in [6.07, 6.45) is 2.90. The Labute approximate surface area is 76.1 Å². The number of hydrogen-bond donors (Lipinski definition) is 2. The molecule has 2 N–H and O–H groups in total. The summed E-state index contributed by atoms with van der Waals surface area (Å²) in [5.41, 5.74) is 0. The Morgan fingerprint density at radius 2 is 1.92 bits per heavy atom. The number of allylic oxidation sites excluding steroid dienone is 1. The van der Waals surface area contributed by atoms with E-state index in [9.17, 15) is 4.79 Å². The predicted octanol–water partition coefficient (Wildman–Crippen LogP) is -0.370. The Kier molecular flexibility index (Phi) is 6.64.